The van der Waals surface area contributed by atoms with Crippen molar-refractivity contribution < 1.29 is 28.2 Å². The smallest absolute Gasteiger partial charge is 0.257 e. The van der Waals surface area contributed by atoms with Crippen molar-refractivity contribution in [3.8, 4) is 34.5 Å². The summed E-state index contributed by atoms with van der Waals surface area (Å²) in [5.41, 5.74) is 1.26. The van der Waals surface area contributed by atoms with E-state index < -0.39 is 0 Å². The van der Waals surface area contributed by atoms with Gasteiger partial charge in [-0.05, 0) is 43.2 Å². The molecule has 5 rings (SSSR count). The topological polar surface area (TPSA) is 96.2 Å². The Hall–Kier alpha value is -3.75. The van der Waals surface area contributed by atoms with Gasteiger partial charge in [-0.1, -0.05) is 0 Å². The highest BCUT2D eigenvalue weighted by atomic mass is 16.7. The number of hydrogen-bond acceptors (Lipinski definition) is 8. The summed E-state index contributed by atoms with van der Waals surface area (Å²) in [4.78, 5) is 15.0. The number of carbonyl (C=O) groups excluding carboxylic acids is 1. The minimum atomic E-state index is -0.0929. The number of aromatic nitrogens is 2. The van der Waals surface area contributed by atoms with E-state index in [9.17, 15) is 4.79 Å². The van der Waals surface area contributed by atoms with Gasteiger partial charge in [-0.2, -0.15) is 0 Å². The van der Waals surface area contributed by atoms with E-state index >= 15 is 0 Å². The number of ether oxygens (including phenoxy) is 4. The largest absolute Gasteiger partial charge is 0.497 e. The zero-order valence-electron chi connectivity index (χ0n) is 17.9. The first-order valence-electron chi connectivity index (χ1n) is 10.4. The number of piperidine rings is 1. The van der Waals surface area contributed by atoms with E-state index in [0.29, 0.717) is 53.4 Å². The van der Waals surface area contributed by atoms with Crippen LogP contribution in [0.15, 0.2) is 40.8 Å². The van der Waals surface area contributed by atoms with Crippen LogP contribution >= 0.6 is 0 Å². The zero-order chi connectivity index (χ0) is 22.1. The molecular weight excluding hydrogens is 414 g/mol. The highest BCUT2D eigenvalue weighted by Gasteiger charge is 2.30. The van der Waals surface area contributed by atoms with Crippen LogP contribution in [0.5, 0.6) is 23.0 Å². The van der Waals surface area contributed by atoms with Crippen molar-refractivity contribution in [3.05, 3.63) is 47.9 Å². The van der Waals surface area contributed by atoms with Gasteiger partial charge in [0.2, 0.25) is 18.6 Å². The predicted octanol–water partition coefficient (Wildman–Crippen LogP) is 3.50. The van der Waals surface area contributed by atoms with Crippen LogP contribution in [0.3, 0.4) is 0 Å². The van der Waals surface area contributed by atoms with Gasteiger partial charge >= 0.3 is 0 Å². The molecule has 2 aromatic carbocycles. The molecule has 0 N–H and O–H groups in total. The highest BCUT2D eigenvalue weighted by Crippen LogP contribution is 2.36. The number of nitrogens with zero attached hydrogens (tertiary/aromatic N) is 3. The molecule has 3 heterocycles. The summed E-state index contributed by atoms with van der Waals surface area (Å²) in [6, 6.07) is 10.7. The summed E-state index contributed by atoms with van der Waals surface area (Å²) in [6.45, 7) is 1.36. The second-order valence-electron chi connectivity index (χ2n) is 7.67. The molecule has 0 bridgehead atoms. The number of hydrogen-bond donors (Lipinski definition) is 0. The van der Waals surface area contributed by atoms with Crippen molar-refractivity contribution in [1.29, 1.82) is 0 Å². The summed E-state index contributed by atoms with van der Waals surface area (Å²) in [7, 11) is 3.12. The van der Waals surface area contributed by atoms with E-state index in [1.165, 1.54) is 0 Å². The Balaban J connectivity index is 1.33. The summed E-state index contributed by atoms with van der Waals surface area (Å²) in [6.07, 6.45) is 1.71. The summed E-state index contributed by atoms with van der Waals surface area (Å²) in [5.74, 6) is 3.29. The fourth-order valence-electron chi connectivity index (χ4n) is 4.05. The Bertz CT molecular complexity index is 1140. The first-order chi connectivity index (χ1) is 15.7. The molecule has 1 atom stereocenters. The fraction of sp³-hybridized carbons (Fsp3) is 0.348. The molecule has 1 aromatic heterocycles. The first-order valence-corrected chi connectivity index (χ1v) is 10.4. The molecule has 0 saturated carbocycles. The maximum absolute atomic E-state index is 13.2. The minimum Gasteiger partial charge on any atom is -0.497 e. The third kappa shape index (κ3) is 3.70. The van der Waals surface area contributed by atoms with Crippen molar-refractivity contribution in [2.75, 3.05) is 34.1 Å². The van der Waals surface area contributed by atoms with Gasteiger partial charge in [0.05, 0.1) is 25.7 Å². The van der Waals surface area contributed by atoms with E-state index in [1.807, 2.05) is 23.1 Å². The van der Waals surface area contributed by atoms with E-state index in [1.54, 1.807) is 32.4 Å². The molecule has 166 valence electrons. The number of fused-ring (bicyclic) bond motifs is 1. The first kappa shape index (κ1) is 20.2. The summed E-state index contributed by atoms with van der Waals surface area (Å²) < 4.78 is 27.4. The van der Waals surface area contributed by atoms with Crippen LogP contribution in [0.2, 0.25) is 0 Å². The van der Waals surface area contributed by atoms with Crippen LogP contribution in [0.25, 0.3) is 11.5 Å². The van der Waals surface area contributed by atoms with Gasteiger partial charge in [0.25, 0.3) is 5.91 Å². The number of rotatable bonds is 5. The van der Waals surface area contributed by atoms with Crippen molar-refractivity contribution >= 4 is 5.91 Å². The van der Waals surface area contributed by atoms with Crippen LogP contribution in [0.4, 0.5) is 0 Å². The van der Waals surface area contributed by atoms with Crippen LogP contribution < -0.4 is 18.9 Å². The molecule has 0 aliphatic carbocycles. The molecular formula is C23H23N3O6. The molecule has 1 saturated heterocycles. The van der Waals surface area contributed by atoms with Crippen LogP contribution in [0, 0.1) is 0 Å². The summed E-state index contributed by atoms with van der Waals surface area (Å²) in [5, 5.41) is 8.48. The second-order valence-corrected chi connectivity index (χ2v) is 7.67. The molecule has 9 heteroatoms. The average Bonchev–Trinajstić information content (AvgIpc) is 3.52. The number of benzene rings is 2. The van der Waals surface area contributed by atoms with E-state index in [4.69, 9.17) is 23.4 Å². The van der Waals surface area contributed by atoms with Crippen LogP contribution in [-0.4, -0.2) is 55.1 Å². The third-order valence-corrected chi connectivity index (χ3v) is 5.76. The minimum absolute atomic E-state index is 0.0350. The lowest BCUT2D eigenvalue weighted by Crippen LogP contribution is -2.39. The van der Waals surface area contributed by atoms with E-state index in [-0.39, 0.29) is 18.6 Å². The van der Waals surface area contributed by atoms with Gasteiger partial charge in [0.1, 0.15) is 11.5 Å². The predicted molar refractivity (Wildman–Crippen MR) is 113 cm³/mol. The Morgan fingerprint density at radius 1 is 1.06 bits per heavy atom. The lowest BCUT2D eigenvalue weighted by atomic mass is 9.97. The molecule has 32 heavy (non-hydrogen) atoms. The standard InChI is InChI=1S/C23H23N3O6/c1-28-16-6-7-17(19(11-16)29-2)23(27)26-9-3-4-15(12-26)22-25-24-21(32-22)14-5-8-18-20(10-14)31-13-30-18/h5-8,10-11,15H,3-4,9,12-13H2,1-2H3. The molecule has 0 radical (unpaired) electrons. The molecule has 0 spiro atoms. The molecule has 1 amide bonds. The molecule has 1 unspecified atom stereocenters. The van der Waals surface area contributed by atoms with Gasteiger partial charge < -0.3 is 28.3 Å². The van der Waals surface area contributed by atoms with Gasteiger partial charge in [0, 0.05) is 24.7 Å². The molecule has 9 nitrogen and oxygen atoms in total. The van der Waals surface area contributed by atoms with Crippen molar-refractivity contribution in [2.45, 2.75) is 18.8 Å². The van der Waals surface area contributed by atoms with Crippen molar-refractivity contribution in [2.24, 2.45) is 0 Å². The Labute approximate surface area is 184 Å². The molecule has 1 fully saturated rings. The Morgan fingerprint density at radius 2 is 1.94 bits per heavy atom. The third-order valence-electron chi connectivity index (χ3n) is 5.76. The number of amides is 1. The van der Waals surface area contributed by atoms with Crippen LogP contribution in [-0.2, 0) is 0 Å². The zero-order valence-corrected chi connectivity index (χ0v) is 17.9. The number of carbonyl (C=O) groups is 1. The van der Waals surface area contributed by atoms with Crippen molar-refractivity contribution in [3.63, 3.8) is 0 Å². The maximum Gasteiger partial charge on any atom is 0.257 e. The molecule has 2 aliphatic heterocycles. The fourth-order valence-corrected chi connectivity index (χ4v) is 4.05. The quantitative estimate of drug-likeness (QED) is 0.598. The average molecular weight is 437 g/mol. The highest BCUT2D eigenvalue weighted by molar-refractivity contribution is 5.97. The van der Waals surface area contributed by atoms with Crippen molar-refractivity contribution in [1.82, 2.24) is 15.1 Å². The van der Waals surface area contributed by atoms with Gasteiger partial charge in [0.15, 0.2) is 11.5 Å². The number of likely N-dealkylation sites (tertiary alicyclic amines) is 1. The Kier molecular flexibility index (Phi) is 5.30. The van der Waals surface area contributed by atoms with Crippen LogP contribution in [0.1, 0.15) is 35.0 Å². The maximum atomic E-state index is 13.2. The molecule has 3 aromatic rings. The summed E-state index contributed by atoms with van der Waals surface area (Å²) >= 11 is 0. The monoisotopic (exact) mass is 437 g/mol. The van der Waals surface area contributed by atoms with Gasteiger partial charge in [-0.25, -0.2) is 0 Å². The van der Waals surface area contributed by atoms with Gasteiger partial charge in [-0.15, -0.1) is 10.2 Å². The van der Waals surface area contributed by atoms with E-state index in [2.05, 4.69) is 10.2 Å². The van der Waals surface area contributed by atoms with Gasteiger partial charge in [-0.3, -0.25) is 4.79 Å². The number of methoxy groups -OCH3 is 2. The Morgan fingerprint density at radius 3 is 2.78 bits per heavy atom. The molecule has 2 aliphatic rings. The normalized spacial score (nSPS) is 17.3. The second kappa shape index (κ2) is 8.41. The van der Waals surface area contributed by atoms with E-state index in [0.717, 1.165) is 18.4 Å². The lowest BCUT2D eigenvalue weighted by Gasteiger charge is -2.31. The lowest BCUT2D eigenvalue weighted by molar-refractivity contribution is 0.0695. The SMILES string of the molecule is COc1ccc(C(=O)N2CCCC(c3nnc(-c4ccc5c(c4)OCO5)o3)C2)c(OC)c1.